The number of carbonyl (C=O) groups excluding carboxylic acids is 1. The molecular formula is C26H33F3N6O3. The van der Waals surface area contributed by atoms with Crippen molar-refractivity contribution >= 4 is 11.6 Å². The number of alkyl halides is 3. The van der Waals surface area contributed by atoms with Gasteiger partial charge in [0.1, 0.15) is 5.56 Å². The minimum absolute atomic E-state index is 0.0167. The predicted octanol–water partition coefficient (Wildman–Crippen LogP) is 3.54. The molecule has 0 aromatic carbocycles. The van der Waals surface area contributed by atoms with Crippen molar-refractivity contribution in [2.24, 2.45) is 5.92 Å². The Morgan fingerprint density at radius 1 is 1.29 bits per heavy atom. The second-order valence-electron chi connectivity index (χ2n) is 10.6. The third-order valence-corrected chi connectivity index (χ3v) is 7.44. The number of pyridine rings is 2. The molecule has 0 spiro atoms. The van der Waals surface area contributed by atoms with Crippen molar-refractivity contribution in [2.45, 2.75) is 57.1 Å². The van der Waals surface area contributed by atoms with Gasteiger partial charge in [-0.3, -0.25) is 20.4 Å². The van der Waals surface area contributed by atoms with Crippen molar-refractivity contribution in [3.63, 3.8) is 0 Å². The van der Waals surface area contributed by atoms with Crippen molar-refractivity contribution in [3.8, 4) is 17.1 Å². The van der Waals surface area contributed by atoms with Gasteiger partial charge in [0.05, 0.1) is 31.2 Å². The fourth-order valence-electron chi connectivity index (χ4n) is 5.62. The van der Waals surface area contributed by atoms with E-state index in [2.05, 4.69) is 25.9 Å². The summed E-state index contributed by atoms with van der Waals surface area (Å²) < 4.78 is 51.7. The Balaban J connectivity index is 1.36. The number of fused-ring (bicyclic) bond motifs is 1. The molecule has 0 aliphatic carbocycles. The summed E-state index contributed by atoms with van der Waals surface area (Å²) in [6, 6.07) is 2.83. The highest BCUT2D eigenvalue weighted by molar-refractivity contribution is 5.79. The summed E-state index contributed by atoms with van der Waals surface area (Å²) in [7, 11) is 1.16. The van der Waals surface area contributed by atoms with E-state index >= 15 is 0 Å². The van der Waals surface area contributed by atoms with E-state index in [9.17, 15) is 18.0 Å². The van der Waals surface area contributed by atoms with E-state index in [0.29, 0.717) is 44.0 Å². The van der Waals surface area contributed by atoms with Gasteiger partial charge in [0.25, 0.3) is 0 Å². The Morgan fingerprint density at radius 3 is 2.84 bits per heavy atom. The third kappa shape index (κ3) is 5.43. The second-order valence-corrected chi connectivity index (χ2v) is 10.6. The molecule has 3 N–H and O–H groups in total. The molecule has 3 aliphatic rings. The third-order valence-electron chi connectivity index (χ3n) is 7.44. The zero-order chi connectivity index (χ0) is 27.1. The van der Waals surface area contributed by atoms with Crippen LogP contribution in [0.1, 0.15) is 50.4 Å². The van der Waals surface area contributed by atoms with Crippen molar-refractivity contribution in [1.82, 2.24) is 25.5 Å². The number of amides is 1. The lowest BCUT2D eigenvalue weighted by molar-refractivity contribution is -0.144. The first-order valence-corrected chi connectivity index (χ1v) is 12.8. The summed E-state index contributed by atoms with van der Waals surface area (Å²) in [5, 5.41) is 10.2. The summed E-state index contributed by atoms with van der Waals surface area (Å²) in [4.78, 5) is 23.5. The maximum absolute atomic E-state index is 13.7. The number of carbonyl (C=O) groups is 1. The molecule has 2 aromatic rings. The van der Waals surface area contributed by atoms with Gasteiger partial charge in [0, 0.05) is 60.9 Å². The highest BCUT2D eigenvalue weighted by Crippen LogP contribution is 2.40. The lowest BCUT2D eigenvalue weighted by Gasteiger charge is -2.36. The Bertz CT molecular complexity index is 1190. The topological polar surface area (TPSA) is 101 Å². The lowest BCUT2D eigenvalue weighted by Crippen LogP contribution is -2.47. The molecule has 0 radical (unpaired) electrons. The summed E-state index contributed by atoms with van der Waals surface area (Å²) in [6.07, 6.45) is 0.0987. The monoisotopic (exact) mass is 534 g/mol. The van der Waals surface area contributed by atoms with E-state index in [0.717, 1.165) is 31.7 Å². The number of likely N-dealkylation sites (tertiary alicyclic amines) is 1. The molecule has 0 saturated carbocycles. The van der Waals surface area contributed by atoms with Crippen molar-refractivity contribution in [3.05, 3.63) is 35.7 Å². The van der Waals surface area contributed by atoms with Crippen LogP contribution in [0.2, 0.25) is 0 Å². The molecule has 3 atom stereocenters. The minimum Gasteiger partial charge on any atom is -0.481 e. The smallest absolute Gasteiger partial charge is 0.421 e. The number of nitrogens with one attached hydrogen (secondary N) is 3. The molecule has 206 valence electrons. The zero-order valence-electron chi connectivity index (χ0n) is 21.7. The fraction of sp³-hybridized carbons (Fsp3) is 0.577. The van der Waals surface area contributed by atoms with Crippen LogP contribution < -0.4 is 20.7 Å². The molecule has 1 unspecified atom stereocenters. The van der Waals surface area contributed by atoms with Crippen LogP contribution in [0.3, 0.4) is 0 Å². The Morgan fingerprint density at radius 2 is 2.11 bits per heavy atom. The van der Waals surface area contributed by atoms with Gasteiger partial charge < -0.3 is 19.7 Å². The van der Waals surface area contributed by atoms with Crippen LogP contribution in [0.5, 0.6) is 5.88 Å². The normalized spacial score (nSPS) is 25.0. The number of halogens is 3. The largest absolute Gasteiger partial charge is 0.481 e. The van der Waals surface area contributed by atoms with Gasteiger partial charge in [0.2, 0.25) is 11.8 Å². The maximum Gasteiger partial charge on any atom is 0.421 e. The van der Waals surface area contributed by atoms with E-state index in [1.165, 1.54) is 6.20 Å². The first-order chi connectivity index (χ1) is 18.1. The quantitative estimate of drug-likeness (QED) is 0.536. The average molecular weight is 535 g/mol. The van der Waals surface area contributed by atoms with Crippen molar-refractivity contribution < 1.29 is 27.4 Å². The maximum atomic E-state index is 13.7. The first-order valence-electron chi connectivity index (χ1n) is 12.8. The number of anilines is 1. The average Bonchev–Trinajstić information content (AvgIpc) is 3.35. The summed E-state index contributed by atoms with van der Waals surface area (Å²) in [5.41, 5.74) is 0.832. The minimum atomic E-state index is -4.63. The number of hydrogen-bond donors (Lipinski definition) is 3. The van der Waals surface area contributed by atoms with Crippen LogP contribution in [0.4, 0.5) is 18.9 Å². The van der Waals surface area contributed by atoms with E-state index in [4.69, 9.17) is 9.47 Å². The summed E-state index contributed by atoms with van der Waals surface area (Å²) in [5.74, 6) is -0.368. The molecule has 3 aliphatic heterocycles. The molecule has 12 heteroatoms. The first kappa shape index (κ1) is 26.6. The van der Waals surface area contributed by atoms with Crippen molar-refractivity contribution in [2.75, 3.05) is 38.8 Å². The summed E-state index contributed by atoms with van der Waals surface area (Å²) in [6.45, 7) is 6.31. The van der Waals surface area contributed by atoms with Gasteiger partial charge in [-0.05, 0) is 45.2 Å². The predicted molar refractivity (Wildman–Crippen MR) is 134 cm³/mol. The fourth-order valence-corrected chi connectivity index (χ4v) is 5.62. The molecule has 1 amide bonds. The van der Waals surface area contributed by atoms with Gasteiger partial charge in [-0.15, -0.1) is 0 Å². The SMILES string of the molecule is COc1ncc(-c2nccc3c2[C@@H](N[C@H]2CCN(C(=O)C4CCOC(C)(C)C4)C2)NCN3)cc1C(F)(F)F. The Labute approximate surface area is 219 Å². The molecule has 0 bridgehead atoms. The molecule has 2 aromatic heterocycles. The summed E-state index contributed by atoms with van der Waals surface area (Å²) >= 11 is 0. The molecule has 9 nitrogen and oxygen atoms in total. The number of rotatable bonds is 5. The molecule has 2 saturated heterocycles. The number of nitrogens with zero attached hydrogens (tertiary/aromatic N) is 3. The molecule has 5 heterocycles. The Hall–Kier alpha value is -2.96. The van der Waals surface area contributed by atoms with E-state index < -0.39 is 17.6 Å². The van der Waals surface area contributed by atoms with E-state index in [1.54, 1.807) is 12.3 Å². The molecule has 2 fully saturated rings. The molecule has 38 heavy (non-hydrogen) atoms. The van der Waals surface area contributed by atoms with Crippen LogP contribution in [-0.4, -0.2) is 65.9 Å². The standard InChI is InChI=1S/C26H33F3N6O3/c1-25(2)11-15(6-9-38-25)24(36)35-8-5-17(13-35)34-22-20-19(32-14-33-22)4-7-30-21(20)16-10-18(26(27,28)29)23(37-3)31-12-16/h4,7,10,12,15,17,22,32-34H,5-6,8-9,11,13-14H2,1-3H3/t15?,17-,22+/m0/s1. The van der Waals surface area contributed by atoms with E-state index in [1.807, 2.05) is 18.7 Å². The highest BCUT2D eigenvalue weighted by Gasteiger charge is 2.39. The van der Waals surface area contributed by atoms with E-state index in [-0.39, 0.29) is 35.2 Å². The lowest BCUT2D eigenvalue weighted by atomic mass is 9.87. The van der Waals surface area contributed by atoms with Gasteiger partial charge in [-0.25, -0.2) is 4.98 Å². The van der Waals surface area contributed by atoms with Crippen LogP contribution in [0.25, 0.3) is 11.3 Å². The van der Waals surface area contributed by atoms with Gasteiger partial charge >= 0.3 is 6.18 Å². The molecular weight excluding hydrogens is 501 g/mol. The van der Waals surface area contributed by atoms with Crippen LogP contribution in [0.15, 0.2) is 24.5 Å². The van der Waals surface area contributed by atoms with Crippen LogP contribution >= 0.6 is 0 Å². The zero-order valence-corrected chi connectivity index (χ0v) is 21.7. The number of methoxy groups -OCH3 is 1. The number of ether oxygens (including phenoxy) is 2. The Kier molecular flexibility index (Phi) is 7.23. The highest BCUT2D eigenvalue weighted by atomic mass is 19.4. The van der Waals surface area contributed by atoms with Crippen LogP contribution in [-0.2, 0) is 15.7 Å². The van der Waals surface area contributed by atoms with Crippen LogP contribution in [0, 0.1) is 5.92 Å². The molecule has 5 rings (SSSR count). The number of hydrogen-bond acceptors (Lipinski definition) is 8. The number of aromatic nitrogens is 2. The van der Waals surface area contributed by atoms with Crippen molar-refractivity contribution in [1.29, 1.82) is 0 Å². The van der Waals surface area contributed by atoms with Gasteiger partial charge in [-0.2, -0.15) is 13.2 Å². The van der Waals surface area contributed by atoms with Gasteiger partial charge in [-0.1, -0.05) is 0 Å². The van der Waals surface area contributed by atoms with Gasteiger partial charge in [0.15, 0.2) is 0 Å². The second kappa shape index (κ2) is 10.3.